The number of thiocarbonyl (C=S) groups is 1. The molecule has 1 heterocycles. The lowest BCUT2D eigenvalue weighted by Crippen LogP contribution is -2.35. The van der Waals surface area contributed by atoms with Crippen LogP contribution >= 0.6 is 12.2 Å². The number of nitrogens with one attached hydrogen (secondary N) is 1. The minimum atomic E-state index is -0.686. The quantitative estimate of drug-likeness (QED) is 0.656. The lowest BCUT2D eigenvalue weighted by Gasteiger charge is -2.10. The summed E-state index contributed by atoms with van der Waals surface area (Å²) in [5.41, 5.74) is 4.82. The normalized spacial score (nSPS) is 17.1. The molecule has 7 nitrogen and oxygen atoms in total. The van der Waals surface area contributed by atoms with Gasteiger partial charge in [0.25, 0.3) is 5.95 Å². The van der Waals surface area contributed by atoms with Gasteiger partial charge < -0.3 is 5.73 Å². The first-order valence-electron chi connectivity index (χ1n) is 4.40. The first-order valence-corrected chi connectivity index (χ1v) is 4.81. The number of hydrogen-bond acceptors (Lipinski definition) is 5. The summed E-state index contributed by atoms with van der Waals surface area (Å²) in [6.45, 7) is 0. The van der Waals surface area contributed by atoms with E-state index in [1.165, 1.54) is 4.80 Å². The van der Waals surface area contributed by atoms with E-state index in [2.05, 4.69) is 20.7 Å². The number of nitrogens with zero attached hydrogens (tertiary/aromatic N) is 4. The standard InChI is InChI=1S/C7H10N6OS/c1-13-11-6(10-12-13)9-5(14)7(2-3-7)4(8)15/h2-3H2,1H3,(H2,8,15)(H,9,11,14). The molecule has 1 amide bonds. The molecule has 0 aromatic carbocycles. The Hall–Kier alpha value is -1.57. The molecule has 1 aromatic rings. The molecular formula is C7H10N6OS. The SMILES string of the molecule is Cn1nnc(NC(=O)C2(C(N)=S)CC2)n1. The van der Waals surface area contributed by atoms with E-state index >= 15 is 0 Å². The van der Waals surface area contributed by atoms with Crippen LogP contribution in [0, 0.1) is 5.41 Å². The van der Waals surface area contributed by atoms with Crippen LogP contribution in [-0.4, -0.2) is 31.1 Å². The zero-order valence-electron chi connectivity index (χ0n) is 8.10. The number of anilines is 1. The van der Waals surface area contributed by atoms with Gasteiger partial charge in [0, 0.05) is 0 Å². The molecular weight excluding hydrogens is 216 g/mol. The highest BCUT2D eigenvalue weighted by molar-refractivity contribution is 7.80. The fourth-order valence-electron chi connectivity index (χ4n) is 1.27. The third kappa shape index (κ3) is 1.67. The third-order valence-corrected chi connectivity index (χ3v) is 2.78. The van der Waals surface area contributed by atoms with Gasteiger partial charge in [-0.15, -0.1) is 5.10 Å². The van der Waals surface area contributed by atoms with E-state index in [-0.39, 0.29) is 16.8 Å². The van der Waals surface area contributed by atoms with Crippen molar-refractivity contribution in [2.45, 2.75) is 12.8 Å². The molecule has 0 atom stereocenters. The predicted octanol–water partition coefficient (Wildman–Crippen LogP) is -0.785. The van der Waals surface area contributed by atoms with Crippen LogP contribution in [0.25, 0.3) is 0 Å². The molecule has 1 fully saturated rings. The second-order valence-electron chi connectivity index (χ2n) is 3.50. The number of aromatic nitrogens is 4. The van der Waals surface area contributed by atoms with Gasteiger partial charge in [-0.25, -0.2) is 0 Å². The lowest BCUT2D eigenvalue weighted by molar-refractivity contribution is -0.119. The maximum atomic E-state index is 11.8. The highest BCUT2D eigenvalue weighted by atomic mass is 32.1. The summed E-state index contributed by atoms with van der Waals surface area (Å²) in [5.74, 6) is -0.0759. The van der Waals surface area contributed by atoms with Gasteiger partial charge in [0.05, 0.1) is 17.5 Å². The zero-order chi connectivity index (χ0) is 11.1. The van der Waals surface area contributed by atoms with Gasteiger partial charge in [-0.3, -0.25) is 10.1 Å². The van der Waals surface area contributed by atoms with Gasteiger partial charge >= 0.3 is 0 Å². The first-order chi connectivity index (χ1) is 7.04. The van der Waals surface area contributed by atoms with Crippen molar-refractivity contribution >= 4 is 29.1 Å². The van der Waals surface area contributed by atoms with Crippen LogP contribution < -0.4 is 11.1 Å². The summed E-state index contributed by atoms with van der Waals surface area (Å²) in [5, 5.41) is 13.6. The van der Waals surface area contributed by atoms with Crippen molar-refractivity contribution in [2.75, 3.05) is 5.32 Å². The minimum Gasteiger partial charge on any atom is -0.392 e. The van der Waals surface area contributed by atoms with Crippen molar-refractivity contribution in [2.24, 2.45) is 18.2 Å². The van der Waals surface area contributed by atoms with Crippen LogP contribution in [0.1, 0.15) is 12.8 Å². The Morgan fingerprint density at radius 2 is 2.33 bits per heavy atom. The fraction of sp³-hybridized carbons (Fsp3) is 0.571. The van der Waals surface area contributed by atoms with E-state index < -0.39 is 5.41 Å². The van der Waals surface area contributed by atoms with Crippen LogP contribution in [0.2, 0.25) is 0 Å². The zero-order valence-corrected chi connectivity index (χ0v) is 8.91. The average Bonchev–Trinajstić information content (AvgIpc) is 2.88. The predicted molar refractivity (Wildman–Crippen MR) is 55.9 cm³/mol. The Morgan fingerprint density at radius 1 is 1.67 bits per heavy atom. The van der Waals surface area contributed by atoms with Gasteiger partial charge in [-0.2, -0.15) is 4.80 Å². The van der Waals surface area contributed by atoms with E-state index in [1.54, 1.807) is 7.05 Å². The van der Waals surface area contributed by atoms with E-state index in [1.807, 2.05) is 0 Å². The second-order valence-corrected chi connectivity index (χ2v) is 3.94. The summed E-state index contributed by atoms with van der Waals surface area (Å²) in [4.78, 5) is 13.2. The molecule has 8 heteroatoms. The van der Waals surface area contributed by atoms with Crippen molar-refractivity contribution in [3.63, 3.8) is 0 Å². The molecule has 0 saturated heterocycles. The molecule has 2 rings (SSSR count). The number of carbonyl (C=O) groups excluding carboxylic acids is 1. The molecule has 0 radical (unpaired) electrons. The van der Waals surface area contributed by atoms with E-state index in [0.29, 0.717) is 12.8 Å². The van der Waals surface area contributed by atoms with Gasteiger partial charge in [-0.1, -0.05) is 17.3 Å². The summed E-state index contributed by atoms with van der Waals surface area (Å²) in [6.07, 6.45) is 1.38. The van der Waals surface area contributed by atoms with Gasteiger partial charge in [0.2, 0.25) is 5.91 Å². The average molecular weight is 226 g/mol. The van der Waals surface area contributed by atoms with Crippen LogP contribution in [0.15, 0.2) is 0 Å². The number of carbonyl (C=O) groups is 1. The number of tetrazole rings is 1. The smallest absolute Gasteiger partial charge is 0.270 e. The molecule has 80 valence electrons. The molecule has 3 N–H and O–H groups in total. The Morgan fingerprint density at radius 3 is 2.73 bits per heavy atom. The summed E-state index contributed by atoms with van der Waals surface area (Å²) < 4.78 is 0. The second kappa shape index (κ2) is 3.23. The minimum absolute atomic E-state index is 0.171. The van der Waals surface area contributed by atoms with Crippen molar-refractivity contribution in [3.05, 3.63) is 0 Å². The monoisotopic (exact) mass is 226 g/mol. The van der Waals surface area contributed by atoms with Crippen molar-refractivity contribution in [3.8, 4) is 0 Å². The van der Waals surface area contributed by atoms with Crippen molar-refractivity contribution < 1.29 is 4.79 Å². The molecule has 0 bridgehead atoms. The number of nitrogens with two attached hydrogens (primary N) is 1. The largest absolute Gasteiger partial charge is 0.392 e. The van der Waals surface area contributed by atoms with Gasteiger partial charge in [0.1, 0.15) is 0 Å². The van der Waals surface area contributed by atoms with E-state index in [0.717, 1.165) is 0 Å². The van der Waals surface area contributed by atoms with Gasteiger partial charge in [0.15, 0.2) is 0 Å². The molecule has 0 aliphatic heterocycles. The number of rotatable bonds is 3. The maximum Gasteiger partial charge on any atom is 0.270 e. The Balaban J connectivity index is 2.08. The fourth-order valence-corrected chi connectivity index (χ4v) is 1.56. The highest BCUT2D eigenvalue weighted by Gasteiger charge is 2.53. The summed E-state index contributed by atoms with van der Waals surface area (Å²) in [7, 11) is 1.61. The summed E-state index contributed by atoms with van der Waals surface area (Å²) >= 11 is 4.85. The molecule has 1 aromatic heterocycles. The molecule has 1 aliphatic carbocycles. The van der Waals surface area contributed by atoms with Crippen molar-refractivity contribution in [1.82, 2.24) is 20.2 Å². The van der Waals surface area contributed by atoms with Gasteiger partial charge in [-0.05, 0) is 18.1 Å². The third-order valence-electron chi connectivity index (χ3n) is 2.39. The molecule has 1 saturated carbocycles. The lowest BCUT2D eigenvalue weighted by atomic mass is 10.1. The van der Waals surface area contributed by atoms with Crippen molar-refractivity contribution in [1.29, 1.82) is 0 Å². The number of aryl methyl sites for hydroxylation is 1. The first kappa shape index (κ1) is 9.97. The summed E-state index contributed by atoms with van der Waals surface area (Å²) in [6, 6.07) is 0. The Labute approximate surface area is 91.0 Å². The van der Waals surface area contributed by atoms with Crippen LogP contribution in [0.4, 0.5) is 5.95 Å². The number of amides is 1. The molecule has 0 spiro atoms. The van der Waals surface area contributed by atoms with E-state index in [9.17, 15) is 4.79 Å². The number of hydrogen-bond donors (Lipinski definition) is 2. The van der Waals surface area contributed by atoms with Crippen LogP contribution in [-0.2, 0) is 11.8 Å². The maximum absolute atomic E-state index is 11.8. The molecule has 1 aliphatic rings. The highest BCUT2D eigenvalue weighted by Crippen LogP contribution is 2.46. The van der Waals surface area contributed by atoms with E-state index in [4.69, 9.17) is 18.0 Å². The topological polar surface area (TPSA) is 98.7 Å². The van der Waals surface area contributed by atoms with Crippen LogP contribution in [0.3, 0.4) is 0 Å². The Bertz CT molecular complexity index is 423. The molecule has 15 heavy (non-hydrogen) atoms. The van der Waals surface area contributed by atoms with Crippen LogP contribution in [0.5, 0.6) is 0 Å². The Kier molecular flexibility index (Phi) is 2.14. The molecule has 0 unspecified atom stereocenters.